The van der Waals surface area contributed by atoms with Gasteiger partial charge in [-0.15, -0.1) is 0 Å². The van der Waals surface area contributed by atoms with Crippen molar-refractivity contribution in [2.45, 2.75) is 32.7 Å². The number of nitrogens with one attached hydrogen (secondary N) is 2. The molecule has 0 fully saturated rings. The summed E-state index contributed by atoms with van der Waals surface area (Å²) in [5.41, 5.74) is 2.20. The van der Waals surface area contributed by atoms with E-state index < -0.39 is 0 Å². The molecule has 5 nitrogen and oxygen atoms in total. The largest absolute Gasteiger partial charge is 0.497 e. The number of benzene rings is 1. The molecule has 2 aromatic heterocycles. The van der Waals surface area contributed by atoms with Gasteiger partial charge in [-0.25, -0.2) is 0 Å². The van der Waals surface area contributed by atoms with Crippen LogP contribution in [0.25, 0.3) is 10.9 Å². The van der Waals surface area contributed by atoms with Gasteiger partial charge in [-0.1, -0.05) is 13.8 Å². The van der Waals surface area contributed by atoms with Crippen LogP contribution in [-0.2, 0) is 11.3 Å². The van der Waals surface area contributed by atoms with Crippen molar-refractivity contribution in [3.63, 3.8) is 0 Å². The first-order chi connectivity index (χ1) is 12.1. The molecule has 0 saturated carbocycles. The van der Waals surface area contributed by atoms with Gasteiger partial charge in [0.1, 0.15) is 11.5 Å². The molecule has 1 aromatic carbocycles. The van der Waals surface area contributed by atoms with Crippen molar-refractivity contribution in [2.24, 2.45) is 5.92 Å². The minimum atomic E-state index is 0.0207. The van der Waals surface area contributed by atoms with E-state index in [0.29, 0.717) is 18.9 Å². The van der Waals surface area contributed by atoms with Crippen molar-refractivity contribution in [3.8, 4) is 5.75 Å². The zero-order chi connectivity index (χ0) is 17.8. The lowest BCUT2D eigenvalue weighted by Crippen LogP contribution is -2.25. The maximum atomic E-state index is 12.4. The third-order valence-corrected chi connectivity index (χ3v) is 4.57. The topological polar surface area (TPSA) is 67.3 Å². The van der Waals surface area contributed by atoms with Crippen molar-refractivity contribution >= 4 is 16.8 Å². The van der Waals surface area contributed by atoms with Crippen molar-refractivity contribution in [2.75, 3.05) is 7.11 Å². The van der Waals surface area contributed by atoms with Crippen LogP contribution >= 0.6 is 0 Å². The van der Waals surface area contributed by atoms with E-state index in [9.17, 15) is 4.79 Å². The smallest absolute Gasteiger partial charge is 0.220 e. The van der Waals surface area contributed by atoms with Gasteiger partial charge in [0.25, 0.3) is 0 Å². The summed E-state index contributed by atoms with van der Waals surface area (Å²) in [5.74, 6) is 2.05. The third kappa shape index (κ3) is 3.87. The normalized spacial score (nSPS) is 12.5. The number of methoxy groups -OCH3 is 1. The molecule has 0 aliphatic carbocycles. The second-order valence-electron chi connectivity index (χ2n) is 6.57. The maximum absolute atomic E-state index is 12.4. The Hall–Kier alpha value is -2.69. The minimum absolute atomic E-state index is 0.0207. The molecule has 2 N–H and O–H groups in total. The Kier molecular flexibility index (Phi) is 5.12. The summed E-state index contributed by atoms with van der Waals surface area (Å²) < 4.78 is 10.6. The first kappa shape index (κ1) is 17.1. The van der Waals surface area contributed by atoms with E-state index in [0.717, 1.165) is 28.0 Å². The molecule has 3 aromatic rings. The number of amides is 1. The number of ether oxygens (including phenoxy) is 1. The van der Waals surface area contributed by atoms with Crippen LogP contribution in [0.4, 0.5) is 0 Å². The predicted octanol–water partition coefficient (Wildman–Crippen LogP) is 4.22. The number of aromatic amines is 1. The van der Waals surface area contributed by atoms with E-state index in [1.54, 1.807) is 13.4 Å². The molecule has 1 atom stereocenters. The van der Waals surface area contributed by atoms with Crippen LogP contribution in [0.1, 0.15) is 37.5 Å². The lowest BCUT2D eigenvalue weighted by molar-refractivity contribution is -0.121. The average molecular weight is 340 g/mol. The Morgan fingerprint density at radius 3 is 2.84 bits per heavy atom. The van der Waals surface area contributed by atoms with Gasteiger partial charge >= 0.3 is 0 Å². The summed E-state index contributed by atoms with van der Waals surface area (Å²) in [4.78, 5) is 15.7. The molecule has 0 aliphatic heterocycles. The quantitative estimate of drug-likeness (QED) is 0.677. The second-order valence-corrected chi connectivity index (χ2v) is 6.57. The summed E-state index contributed by atoms with van der Waals surface area (Å²) >= 11 is 0. The third-order valence-electron chi connectivity index (χ3n) is 4.57. The molecule has 2 heterocycles. The van der Waals surface area contributed by atoms with Gasteiger partial charge in [0.2, 0.25) is 5.91 Å². The fourth-order valence-corrected chi connectivity index (χ4v) is 3.13. The van der Waals surface area contributed by atoms with E-state index in [1.807, 2.05) is 36.5 Å². The highest BCUT2D eigenvalue weighted by molar-refractivity contribution is 5.86. The molecule has 0 unspecified atom stereocenters. The fourth-order valence-electron chi connectivity index (χ4n) is 3.13. The Balaban J connectivity index is 1.77. The second kappa shape index (κ2) is 7.47. The van der Waals surface area contributed by atoms with Gasteiger partial charge in [-0.05, 0) is 47.7 Å². The predicted molar refractivity (Wildman–Crippen MR) is 97.6 cm³/mol. The van der Waals surface area contributed by atoms with E-state index in [-0.39, 0.29) is 11.8 Å². The number of H-pyrrole nitrogens is 1. The molecule has 5 heteroatoms. The Morgan fingerprint density at radius 1 is 1.32 bits per heavy atom. The zero-order valence-corrected chi connectivity index (χ0v) is 14.8. The zero-order valence-electron chi connectivity index (χ0n) is 14.8. The highest BCUT2D eigenvalue weighted by Gasteiger charge is 2.23. The highest BCUT2D eigenvalue weighted by atomic mass is 16.5. The van der Waals surface area contributed by atoms with Crippen LogP contribution in [0.3, 0.4) is 0 Å². The van der Waals surface area contributed by atoms with Crippen LogP contribution < -0.4 is 10.1 Å². The SMILES string of the molecule is COc1ccc2[nH]cc([C@H](CC(=O)NCc3ccco3)C(C)C)c2c1. The lowest BCUT2D eigenvalue weighted by Gasteiger charge is -2.20. The van der Waals surface area contributed by atoms with Crippen LogP contribution in [-0.4, -0.2) is 18.0 Å². The molecular formula is C20H24N2O3. The molecule has 0 bridgehead atoms. The van der Waals surface area contributed by atoms with Crippen molar-refractivity contribution in [3.05, 3.63) is 54.1 Å². The van der Waals surface area contributed by atoms with E-state index in [1.165, 1.54) is 0 Å². The maximum Gasteiger partial charge on any atom is 0.220 e. The molecule has 0 saturated heterocycles. The van der Waals surface area contributed by atoms with Gasteiger partial charge in [-0.2, -0.15) is 0 Å². The highest BCUT2D eigenvalue weighted by Crippen LogP contribution is 2.34. The number of hydrogen-bond donors (Lipinski definition) is 2. The lowest BCUT2D eigenvalue weighted by atomic mass is 9.85. The van der Waals surface area contributed by atoms with Gasteiger partial charge < -0.3 is 19.5 Å². The first-order valence-corrected chi connectivity index (χ1v) is 8.52. The summed E-state index contributed by atoms with van der Waals surface area (Å²) in [7, 11) is 1.66. The standard InChI is InChI=1S/C20H24N2O3/c1-13(2)16(10-20(23)22-11-15-5-4-8-25-15)18-12-21-19-7-6-14(24-3)9-17(18)19/h4-9,12-13,16,21H,10-11H2,1-3H3,(H,22,23)/t16-/m1/s1. The van der Waals surface area contributed by atoms with Crippen molar-refractivity contribution in [1.29, 1.82) is 0 Å². The number of hydrogen-bond acceptors (Lipinski definition) is 3. The van der Waals surface area contributed by atoms with Crippen molar-refractivity contribution in [1.82, 2.24) is 10.3 Å². The van der Waals surface area contributed by atoms with Crippen LogP contribution in [0.15, 0.2) is 47.2 Å². The molecule has 25 heavy (non-hydrogen) atoms. The average Bonchev–Trinajstić information content (AvgIpc) is 3.26. The number of carbonyl (C=O) groups excluding carboxylic acids is 1. The van der Waals surface area contributed by atoms with Gasteiger partial charge in [0.05, 0.1) is 19.9 Å². The number of aromatic nitrogens is 1. The molecule has 0 aliphatic rings. The van der Waals surface area contributed by atoms with Crippen LogP contribution in [0.5, 0.6) is 5.75 Å². The van der Waals surface area contributed by atoms with E-state index >= 15 is 0 Å². The molecule has 0 spiro atoms. The van der Waals surface area contributed by atoms with Gasteiger partial charge in [0.15, 0.2) is 0 Å². The monoisotopic (exact) mass is 340 g/mol. The van der Waals surface area contributed by atoms with Crippen LogP contribution in [0, 0.1) is 5.92 Å². The summed E-state index contributed by atoms with van der Waals surface area (Å²) in [5, 5.41) is 4.04. The van der Waals surface area contributed by atoms with Crippen molar-refractivity contribution < 1.29 is 13.9 Å². The summed E-state index contributed by atoms with van der Waals surface area (Å²) in [6, 6.07) is 9.64. The van der Waals surface area contributed by atoms with Crippen LogP contribution in [0.2, 0.25) is 0 Å². The summed E-state index contributed by atoms with van der Waals surface area (Å²) in [6.45, 7) is 4.70. The minimum Gasteiger partial charge on any atom is -0.497 e. The van der Waals surface area contributed by atoms with E-state index in [4.69, 9.17) is 9.15 Å². The molecule has 1 amide bonds. The Labute approximate surface area is 147 Å². The molecular weight excluding hydrogens is 316 g/mol. The Morgan fingerprint density at radius 2 is 2.16 bits per heavy atom. The number of furan rings is 1. The molecule has 3 rings (SSSR count). The Bertz CT molecular complexity index is 834. The molecule has 0 radical (unpaired) electrons. The van der Waals surface area contributed by atoms with E-state index in [2.05, 4.69) is 24.1 Å². The van der Waals surface area contributed by atoms with Gasteiger partial charge in [-0.3, -0.25) is 4.79 Å². The number of carbonyl (C=O) groups is 1. The van der Waals surface area contributed by atoms with Gasteiger partial charge in [0, 0.05) is 23.5 Å². The molecule has 132 valence electrons. The number of fused-ring (bicyclic) bond motifs is 1. The number of rotatable bonds is 7. The fraction of sp³-hybridized carbons (Fsp3) is 0.350. The summed E-state index contributed by atoms with van der Waals surface area (Å²) in [6.07, 6.45) is 4.05. The first-order valence-electron chi connectivity index (χ1n) is 8.52.